The van der Waals surface area contributed by atoms with Crippen LogP contribution >= 0.6 is 0 Å². The van der Waals surface area contributed by atoms with Crippen LogP contribution in [0.15, 0.2) is 60.6 Å². The van der Waals surface area contributed by atoms with E-state index in [-0.39, 0.29) is 5.91 Å². The minimum Gasteiger partial charge on any atom is -0.496 e. The van der Waals surface area contributed by atoms with Gasteiger partial charge in [0.05, 0.1) is 14.2 Å². The average molecular weight is 318 g/mol. The lowest BCUT2D eigenvalue weighted by Crippen LogP contribution is -2.24. The van der Waals surface area contributed by atoms with Crippen molar-refractivity contribution in [3.63, 3.8) is 0 Å². The standard InChI is InChI=1S/C21H19NO2/c1-24-19-10-5-4-9-17(19)18-13-12-15-7-2-3-8-16(15)21(18)22-14-6-11-20(22)23/h2-5,7-10,12-13H,6,11,14H2,1H3/i13D. The lowest BCUT2D eigenvalue weighted by molar-refractivity contribution is -0.117. The van der Waals surface area contributed by atoms with Gasteiger partial charge in [0.15, 0.2) is 0 Å². The van der Waals surface area contributed by atoms with Gasteiger partial charge in [-0.3, -0.25) is 4.79 Å². The van der Waals surface area contributed by atoms with Crippen LogP contribution in [0, 0.1) is 0 Å². The van der Waals surface area contributed by atoms with E-state index in [1.165, 1.54) is 0 Å². The number of ether oxygens (including phenoxy) is 1. The Morgan fingerprint density at radius 1 is 1.04 bits per heavy atom. The molecule has 1 aliphatic rings. The molecular weight excluding hydrogens is 298 g/mol. The molecule has 120 valence electrons. The monoisotopic (exact) mass is 318 g/mol. The Morgan fingerprint density at radius 3 is 2.62 bits per heavy atom. The van der Waals surface area contributed by atoms with Gasteiger partial charge in [0.25, 0.3) is 0 Å². The molecule has 4 rings (SSSR count). The van der Waals surface area contributed by atoms with Gasteiger partial charge in [-0.15, -0.1) is 0 Å². The van der Waals surface area contributed by atoms with Crippen LogP contribution in [0.5, 0.6) is 5.75 Å². The number of methoxy groups -OCH3 is 1. The van der Waals surface area contributed by atoms with Gasteiger partial charge < -0.3 is 9.64 Å². The molecule has 1 aliphatic heterocycles. The number of hydrogen-bond donors (Lipinski definition) is 0. The number of amides is 1. The third-order valence-corrected chi connectivity index (χ3v) is 4.54. The quantitative estimate of drug-likeness (QED) is 0.704. The normalized spacial score (nSPS) is 15.0. The first-order chi connectivity index (χ1) is 12.2. The van der Waals surface area contributed by atoms with E-state index in [2.05, 4.69) is 0 Å². The lowest BCUT2D eigenvalue weighted by Gasteiger charge is -2.23. The van der Waals surface area contributed by atoms with E-state index in [4.69, 9.17) is 6.11 Å². The maximum absolute atomic E-state index is 12.5. The Hall–Kier alpha value is -2.81. The highest BCUT2D eigenvalue weighted by molar-refractivity contribution is 6.10. The number of fused-ring (bicyclic) bond motifs is 1. The third kappa shape index (κ3) is 2.33. The van der Waals surface area contributed by atoms with Crippen LogP contribution in [0.25, 0.3) is 21.9 Å². The van der Waals surface area contributed by atoms with E-state index in [0.717, 1.165) is 34.0 Å². The van der Waals surface area contributed by atoms with Gasteiger partial charge in [0, 0.05) is 29.5 Å². The van der Waals surface area contributed by atoms with Crippen LogP contribution in [0.3, 0.4) is 0 Å². The van der Waals surface area contributed by atoms with Crippen molar-refractivity contribution in [2.45, 2.75) is 12.8 Å². The number of hydrogen-bond acceptors (Lipinski definition) is 2. The Balaban J connectivity index is 2.09. The molecule has 0 bridgehead atoms. The molecule has 0 atom stereocenters. The highest BCUT2D eigenvalue weighted by atomic mass is 16.5. The second-order valence-corrected chi connectivity index (χ2v) is 5.95. The van der Waals surface area contributed by atoms with Crippen molar-refractivity contribution >= 4 is 22.4 Å². The van der Waals surface area contributed by atoms with Crippen LogP contribution < -0.4 is 9.64 Å². The van der Waals surface area contributed by atoms with E-state index in [1.807, 2.05) is 59.5 Å². The van der Waals surface area contributed by atoms with Gasteiger partial charge in [0.2, 0.25) is 5.91 Å². The molecule has 3 aromatic carbocycles. The Labute approximate surface area is 142 Å². The number of anilines is 1. The predicted molar refractivity (Wildman–Crippen MR) is 97.5 cm³/mol. The average Bonchev–Trinajstić information content (AvgIpc) is 3.06. The van der Waals surface area contributed by atoms with Crippen molar-refractivity contribution in [3.05, 3.63) is 60.6 Å². The number of benzene rings is 3. The topological polar surface area (TPSA) is 29.5 Å². The molecule has 0 unspecified atom stereocenters. The van der Waals surface area contributed by atoms with Crippen LogP contribution in [0.4, 0.5) is 5.69 Å². The van der Waals surface area contributed by atoms with Crippen molar-refractivity contribution in [3.8, 4) is 16.9 Å². The predicted octanol–water partition coefficient (Wildman–Crippen LogP) is 4.64. The van der Waals surface area contributed by atoms with Crippen molar-refractivity contribution in [2.24, 2.45) is 0 Å². The van der Waals surface area contributed by atoms with Gasteiger partial charge >= 0.3 is 0 Å². The largest absolute Gasteiger partial charge is 0.496 e. The number of para-hydroxylation sites is 1. The first-order valence-electron chi connectivity index (χ1n) is 8.67. The Bertz CT molecular complexity index is 967. The number of rotatable bonds is 3. The summed E-state index contributed by atoms with van der Waals surface area (Å²) in [5, 5.41) is 1.97. The van der Waals surface area contributed by atoms with E-state index in [9.17, 15) is 4.79 Å². The van der Waals surface area contributed by atoms with Crippen molar-refractivity contribution < 1.29 is 10.9 Å². The summed E-state index contributed by atoms with van der Waals surface area (Å²) < 4.78 is 14.2. The van der Waals surface area contributed by atoms with Crippen molar-refractivity contribution in [2.75, 3.05) is 18.6 Å². The maximum atomic E-state index is 12.5. The fourth-order valence-electron chi connectivity index (χ4n) is 3.41. The molecule has 0 N–H and O–H groups in total. The summed E-state index contributed by atoms with van der Waals surface area (Å²) in [6, 6.07) is 17.9. The van der Waals surface area contributed by atoms with Crippen LogP contribution in [0.2, 0.25) is 0 Å². The number of carbonyl (C=O) groups is 1. The molecule has 1 saturated heterocycles. The van der Waals surface area contributed by atoms with Crippen LogP contribution in [-0.4, -0.2) is 19.6 Å². The fraction of sp³-hybridized carbons (Fsp3) is 0.190. The molecule has 1 amide bonds. The molecule has 3 heteroatoms. The maximum Gasteiger partial charge on any atom is 0.227 e. The molecule has 0 aliphatic carbocycles. The van der Waals surface area contributed by atoms with Gasteiger partial charge in [-0.05, 0) is 17.9 Å². The van der Waals surface area contributed by atoms with Crippen molar-refractivity contribution in [1.29, 1.82) is 0 Å². The first kappa shape index (κ1) is 13.6. The summed E-state index contributed by atoms with van der Waals surface area (Å²) in [6.45, 7) is 0.689. The molecule has 0 radical (unpaired) electrons. The number of carbonyl (C=O) groups excluding carboxylic acids is 1. The minimum absolute atomic E-state index is 0.118. The van der Waals surface area contributed by atoms with E-state index in [1.54, 1.807) is 7.11 Å². The molecule has 0 saturated carbocycles. The van der Waals surface area contributed by atoms with Crippen LogP contribution in [0.1, 0.15) is 14.2 Å². The highest BCUT2D eigenvalue weighted by Gasteiger charge is 2.26. The first-order valence-corrected chi connectivity index (χ1v) is 8.17. The zero-order valence-electron chi connectivity index (χ0n) is 14.6. The SMILES string of the molecule is [2H]c1cc2ccccc2c(N2CCCC2=O)c1-c1ccccc1OC. The minimum atomic E-state index is 0.118. The van der Waals surface area contributed by atoms with Gasteiger partial charge in [-0.2, -0.15) is 0 Å². The summed E-state index contributed by atoms with van der Waals surface area (Å²) in [4.78, 5) is 14.3. The summed E-state index contributed by atoms with van der Waals surface area (Å²) in [7, 11) is 1.63. The molecule has 1 heterocycles. The summed E-state index contributed by atoms with van der Waals surface area (Å²) in [6.07, 6.45) is 1.41. The van der Waals surface area contributed by atoms with E-state index >= 15 is 0 Å². The second kappa shape index (κ2) is 6.00. The molecule has 3 nitrogen and oxygen atoms in total. The Morgan fingerprint density at radius 2 is 1.83 bits per heavy atom. The fourth-order valence-corrected chi connectivity index (χ4v) is 3.41. The lowest BCUT2D eigenvalue weighted by atomic mass is 9.97. The molecule has 24 heavy (non-hydrogen) atoms. The molecule has 1 fully saturated rings. The number of nitrogens with zero attached hydrogens (tertiary/aromatic N) is 1. The highest BCUT2D eigenvalue weighted by Crippen LogP contribution is 2.42. The second-order valence-electron chi connectivity index (χ2n) is 5.95. The molecular formula is C21H19NO2. The van der Waals surface area contributed by atoms with E-state index < -0.39 is 0 Å². The van der Waals surface area contributed by atoms with Crippen molar-refractivity contribution in [1.82, 2.24) is 0 Å². The molecule has 0 aromatic heterocycles. The van der Waals surface area contributed by atoms with E-state index in [0.29, 0.717) is 24.8 Å². The summed E-state index contributed by atoms with van der Waals surface area (Å²) in [5.74, 6) is 0.825. The molecule has 0 spiro atoms. The summed E-state index contributed by atoms with van der Waals surface area (Å²) >= 11 is 0. The molecule has 3 aromatic rings. The van der Waals surface area contributed by atoms with Gasteiger partial charge in [-0.25, -0.2) is 0 Å². The zero-order valence-corrected chi connectivity index (χ0v) is 13.6. The van der Waals surface area contributed by atoms with Crippen LogP contribution in [-0.2, 0) is 4.79 Å². The smallest absolute Gasteiger partial charge is 0.227 e. The third-order valence-electron chi connectivity index (χ3n) is 4.54. The van der Waals surface area contributed by atoms with Gasteiger partial charge in [-0.1, -0.05) is 54.6 Å². The Kier molecular flexibility index (Phi) is 3.41. The van der Waals surface area contributed by atoms with Gasteiger partial charge in [0.1, 0.15) is 5.75 Å². The summed E-state index contributed by atoms with van der Waals surface area (Å²) in [5.41, 5.74) is 2.43. The zero-order chi connectivity index (χ0) is 17.4.